The number of likely N-dealkylation sites (tertiary alicyclic amines) is 1. The first kappa shape index (κ1) is 28.6. The predicted molar refractivity (Wildman–Crippen MR) is 122 cm³/mol. The van der Waals surface area contributed by atoms with Crippen LogP contribution in [0.25, 0.3) is 11.6 Å². The van der Waals surface area contributed by atoms with Crippen LogP contribution in [0.4, 0.5) is 32.0 Å². The van der Waals surface area contributed by atoms with Crippen LogP contribution in [0, 0.1) is 0 Å². The summed E-state index contributed by atoms with van der Waals surface area (Å²) >= 11 is 0. The van der Waals surface area contributed by atoms with E-state index in [0.29, 0.717) is 6.07 Å². The van der Waals surface area contributed by atoms with Gasteiger partial charge in [-0.25, -0.2) is 4.98 Å². The van der Waals surface area contributed by atoms with E-state index >= 15 is 0 Å². The number of nitrogens with two attached hydrogens (primary N) is 1. The monoisotopic (exact) mass is 564 g/mol. The number of amides is 2. The SMILES string of the molecule is CC(=O)N1CCC(N2CCCCC[C@](O)(C(F)(F)F)c3nnc(o3)-c3nc(c(C(F)(F)F)cc3N)C2=O)CC1. The summed E-state index contributed by atoms with van der Waals surface area (Å²) in [7, 11) is 0. The zero-order valence-corrected chi connectivity index (χ0v) is 20.8. The average molecular weight is 564 g/mol. The van der Waals surface area contributed by atoms with E-state index < -0.39 is 70.7 Å². The Morgan fingerprint density at radius 2 is 1.74 bits per heavy atom. The quantitative estimate of drug-likeness (QED) is 0.502. The highest BCUT2D eigenvalue weighted by molar-refractivity contribution is 5.95. The van der Waals surface area contributed by atoms with Gasteiger partial charge in [0.15, 0.2) is 5.69 Å². The van der Waals surface area contributed by atoms with Crippen molar-refractivity contribution in [3.05, 3.63) is 23.2 Å². The summed E-state index contributed by atoms with van der Waals surface area (Å²) in [5, 5.41) is 17.2. The van der Waals surface area contributed by atoms with Gasteiger partial charge in [0, 0.05) is 32.6 Å². The van der Waals surface area contributed by atoms with E-state index in [1.807, 2.05) is 0 Å². The number of pyridine rings is 1. The number of rotatable bonds is 1. The molecule has 0 aromatic carbocycles. The molecule has 4 rings (SSSR count). The third kappa shape index (κ3) is 5.51. The van der Waals surface area contributed by atoms with Gasteiger partial charge >= 0.3 is 12.4 Å². The number of nitrogen functional groups attached to an aromatic ring is 1. The number of hydrogen-bond acceptors (Lipinski definition) is 8. The van der Waals surface area contributed by atoms with E-state index in [2.05, 4.69) is 15.2 Å². The molecule has 0 spiro atoms. The van der Waals surface area contributed by atoms with Crippen molar-refractivity contribution in [2.75, 3.05) is 25.4 Å². The predicted octanol–water partition coefficient (Wildman–Crippen LogP) is 3.51. The lowest BCUT2D eigenvalue weighted by molar-refractivity contribution is -0.277. The molecule has 1 saturated heterocycles. The summed E-state index contributed by atoms with van der Waals surface area (Å²) in [6.07, 6.45) is -10.4. The van der Waals surface area contributed by atoms with Gasteiger partial charge in [-0.1, -0.05) is 6.42 Å². The Hall–Kier alpha value is -3.43. The first-order valence-corrected chi connectivity index (χ1v) is 12.2. The van der Waals surface area contributed by atoms with Crippen LogP contribution in [0.1, 0.15) is 67.4 Å². The van der Waals surface area contributed by atoms with Gasteiger partial charge in [-0.3, -0.25) is 9.59 Å². The molecule has 16 heteroatoms. The summed E-state index contributed by atoms with van der Waals surface area (Å²) in [6, 6.07) is -0.107. The second-order valence-corrected chi connectivity index (χ2v) is 9.64. The molecule has 0 saturated carbocycles. The zero-order valence-electron chi connectivity index (χ0n) is 20.8. The molecular weight excluding hydrogens is 538 g/mol. The minimum Gasteiger partial charge on any atom is -0.416 e. The Morgan fingerprint density at radius 3 is 2.33 bits per heavy atom. The van der Waals surface area contributed by atoms with Crippen LogP contribution in [-0.2, 0) is 16.6 Å². The van der Waals surface area contributed by atoms with Crippen LogP contribution in [0.5, 0.6) is 0 Å². The molecule has 2 aliphatic heterocycles. The number of piperidine rings is 1. The van der Waals surface area contributed by atoms with E-state index in [1.54, 1.807) is 4.90 Å². The highest BCUT2D eigenvalue weighted by Gasteiger charge is 2.58. The molecule has 0 aliphatic carbocycles. The fourth-order valence-electron chi connectivity index (χ4n) is 4.85. The van der Waals surface area contributed by atoms with Gasteiger partial charge in [-0.05, 0) is 38.2 Å². The molecule has 0 radical (unpaired) electrons. The van der Waals surface area contributed by atoms with Gasteiger partial charge < -0.3 is 25.1 Å². The van der Waals surface area contributed by atoms with E-state index in [0.717, 1.165) is 0 Å². The number of aliphatic hydroxyl groups is 1. The van der Waals surface area contributed by atoms with Crippen molar-refractivity contribution in [3.63, 3.8) is 0 Å². The van der Waals surface area contributed by atoms with Gasteiger partial charge in [-0.2, -0.15) is 26.3 Å². The molecule has 2 amide bonds. The van der Waals surface area contributed by atoms with Gasteiger partial charge in [0.2, 0.25) is 11.5 Å². The molecule has 4 heterocycles. The summed E-state index contributed by atoms with van der Waals surface area (Å²) < 4.78 is 88.7. The highest BCUT2D eigenvalue weighted by atomic mass is 19.4. The first-order valence-electron chi connectivity index (χ1n) is 12.2. The van der Waals surface area contributed by atoms with Crippen molar-refractivity contribution in [2.24, 2.45) is 0 Å². The van der Waals surface area contributed by atoms with Crippen LogP contribution >= 0.6 is 0 Å². The van der Waals surface area contributed by atoms with Crippen LogP contribution < -0.4 is 5.73 Å². The van der Waals surface area contributed by atoms with Crippen LogP contribution in [0.15, 0.2) is 10.5 Å². The van der Waals surface area contributed by atoms with Crippen molar-refractivity contribution in [1.29, 1.82) is 0 Å². The number of anilines is 1. The van der Waals surface area contributed by atoms with Crippen LogP contribution in [-0.4, -0.2) is 73.8 Å². The zero-order chi connectivity index (χ0) is 28.8. The van der Waals surface area contributed by atoms with Crippen molar-refractivity contribution in [1.82, 2.24) is 25.0 Å². The molecule has 39 heavy (non-hydrogen) atoms. The van der Waals surface area contributed by atoms with E-state index in [-0.39, 0.29) is 57.6 Å². The molecule has 1 fully saturated rings. The Bertz CT molecular complexity index is 1240. The molecule has 0 unspecified atom stereocenters. The molecule has 2 aromatic heterocycles. The number of carbonyl (C=O) groups excluding carboxylic acids is 2. The third-order valence-corrected chi connectivity index (χ3v) is 7.06. The van der Waals surface area contributed by atoms with Gasteiger partial charge in [-0.15, -0.1) is 10.2 Å². The average Bonchev–Trinajstić information content (AvgIpc) is 3.34. The van der Waals surface area contributed by atoms with E-state index in [9.17, 15) is 41.0 Å². The smallest absolute Gasteiger partial charge is 0.416 e. The Balaban J connectivity index is 1.83. The second-order valence-electron chi connectivity index (χ2n) is 9.64. The third-order valence-electron chi connectivity index (χ3n) is 7.06. The molecule has 214 valence electrons. The van der Waals surface area contributed by atoms with Crippen LogP contribution in [0.3, 0.4) is 0 Å². The molecule has 1 atom stereocenters. The van der Waals surface area contributed by atoms with Crippen molar-refractivity contribution in [2.45, 2.75) is 69.4 Å². The number of fused-ring (bicyclic) bond motifs is 5. The molecule has 3 N–H and O–H groups in total. The lowest BCUT2D eigenvalue weighted by Crippen LogP contribution is -2.49. The molecule has 10 nitrogen and oxygen atoms in total. The summed E-state index contributed by atoms with van der Waals surface area (Å²) in [4.78, 5) is 31.9. The molecule has 4 bridgehead atoms. The number of aromatic nitrogens is 3. The fraction of sp³-hybridized carbons (Fsp3) is 0.609. The van der Waals surface area contributed by atoms with Crippen LogP contribution in [0.2, 0.25) is 0 Å². The maximum absolute atomic E-state index is 14.0. The minimum atomic E-state index is -5.20. The summed E-state index contributed by atoms with van der Waals surface area (Å²) in [5.41, 5.74) is -1.51. The molecular formula is C23H26F6N6O4. The van der Waals surface area contributed by atoms with Crippen molar-refractivity contribution in [3.8, 4) is 11.6 Å². The maximum atomic E-state index is 14.0. The number of halogens is 6. The summed E-state index contributed by atoms with van der Waals surface area (Å²) in [5.74, 6) is -3.23. The topological polar surface area (TPSA) is 139 Å². The Kier molecular flexibility index (Phi) is 7.53. The minimum absolute atomic E-state index is 0.0783. The lowest BCUT2D eigenvalue weighted by atomic mass is 9.94. The standard InChI is InChI=1S/C23H26F6N6O4/c1-12(36)34-9-5-13(6-10-34)35-8-4-2-3-7-21(38,23(27,28)29)20-33-32-18(39-20)17-15(30)11-14(22(24,25)26)16(31-17)19(35)37/h11,13,38H,2-10,30H2,1H3/t21-/m1/s1. The Labute approximate surface area is 218 Å². The van der Waals surface area contributed by atoms with Gasteiger partial charge in [0.1, 0.15) is 5.69 Å². The molecule has 2 aliphatic rings. The summed E-state index contributed by atoms with van der Waals surface area (Å²) in [6.45, 7) is 1.86. The van der Waals surface area contributed by atoms with Gasteiger partial charge in [0.25, 0.3) is 17.7 Å². The van der Waals surface area contributed by atoms with Crippen molar-refractivity contribution >= 4 is 17.5 Å². The number of alkyl halides is 6. The Morgan fingerprint density at radius 1 is 1.08 bits per heavy atom. The highest BCUT2D eigenvalue weighted by Crippen LogP contribution is 2.44. The number of carbonyl (C=O) groups is 2. The fourth-order valence-corrected chi connectivity index (χ4v) is 4.85. The lowest BCUT2D eigenvalue weighted by Gasteiger charge is -2.38. The van der Waals surface area contributed by atoms with Gasteiger partial charge in [0.05, 0.1) is 11.3 Å². The maximum Gasteiger partial charge on any atom is 0.426 e. The molecule has 2 aromatic rings. The largest absolute Gasteiger partial charge is 0.426 e. The first-order chi connectivity index (χ1) is 18.1. The second kappa shape index (κ2) is 10.3. The number of hydrogen-bond donors (Lipinski definition) is 2. The van der Waals surface area contributed by atoms with E-state index in [1.165, 1.54) is 11.8 Å². The van der Waals surface area contributed by atoms with Crippen molar-refractivity contribution < 1.29 is 45.5 Å². The normalized spacial score (nSPS) is 22.1. The van der Waals surface area contributed by atoms with E-state index in [4.69, 9.17) is 10.2 Å². The number of nitrogens with zero attached hydrogens (tertiary/aromatic N) is 5.